The molecule has 1 saturated heterocycles. The molecule has 0 spiro atoms. The van der Waals surface area contributed by atoms with Gasteiger partial charge in [0.1, 0.15) is 12.2 Å². The van der Waals surface area contributed by atoms with Gasteiger partial charge >= 0.3 is 0 Å². The Morgan fingerprint density at radius 1 is 0.758 bits per heavy atom. The molecule has 0 amide bonds. The van der Waals surface area contributed by atoms with Crippen molar-refractivity contribution in [1.29, 1.82) is 0 Å². The third-order valence-corrected chi connectivity index (χ3v) is 19.8. The molecule has 9 heteroatoms. The monoisotopic (exact) mass is 915 g/mol. The van der Waals surface area contributed by atoms with Gasteiger partial charge in [0.2, 0.25) is 0 Å². The van der Waals surface area contributed by atoms with Crippen LogP contribution in [0.1, 0.15) is 148 Å². The van der Waals surface area contributed by atoms with Gasteiger partial charge in [0.15, 0.2) is 14.1 Å². The molecule has 1 aliphatic heterocycles. The van der Waals surface area contributed by atoms with E-state index in [0.29, 0.717) is 47.8 Å². The molecule has 0 unspecified atom stereocenters. The molecule has 0 radical (unpaired) electrons. The van der Waals surface area contributed by atoms with Crippen LogP contribution in [0.2, 0.25) is 28.2 Å². The Kier molecular flexibility index (Phi) is 19.9. The van der Waals surface area contributed by atoms with Crippen LogP contribution < -0.4 is 0 Å². The summed E-state index contributed by atoms with van der Waals surface area (Å²) in [5.74, 6) is -0.0603. The van der Waals surface area contributed by atoms with Crippen LogP contribution in [0.5, 0.6) is 0 Å². The van der Waals surface area contributed by atoms with Crippen LogP contribution in [-0.4, -0.2) is 66.0 Å². The fourth-order valence-corrected chi connectivity index (χ4v) is 11.6. The molecule has 3 N–H and O–H groups in total. The molecular weight excluding hydrogens is 832 g/mol. The molecule has 3 aliphatic rings. The van der Waals surface area contributed by atoms with Crippen molar-refractivity contribution in [2.24, 2.45) is 23.7 Å². The normalized spacial score (nSPS) is 27.0. The summed E-state index contributed by atoms with van der Waals surface area (Å²) in [5.41, 5.74) is 6.44. The second-order valence-electron chi connectivity index (χ2n) is 21.0. The van der Waals surface area contributed by atoms with Crippen molar-refractivity contribution >= 4 is 31.5 Å². The summed E-state index contributed by atoms with van der Waals surface area (Å²) in [7, 11) is -1.85. The molecule has 2 aliphatic carbocycles. The summed E-state index contributed by atoms with van der Waals surface area (Å²) in [5, 5.41) is 32.8. The van der Waals surface area contributed by atoms with Crippen LogP contribution in [0.3, 0.4) is 0 Å². The number of aryl methyl sites for hydroxylation is 2. The first-order chi connectivity index (χ1) is 29.0. The number of benzene rings is 2. The van der Waals surface area contributed by atoms with Gasteiger partial charge in [0.25, 0.3) is 0 Å². The van der Waals surface area contributed by atoms with Gasteiger partial charge in [-0.1, -0.05) is 145 Å². The molecule has 5 rings (SSSR count). The summed E-state index contributed by atoms with van der Waals surface area (Å²) in [6.45, 7) is 33.0. The van der Waals surface area contributed by atoms with E-state index in [1.807, 2.05) is 39.0 Å². The summed E-state index contributed by atoms with van der Waals surface area (Å²) >= 11 is 13.0. The van der Waals surface area contributed by atoms with E-state index in [0.717, 1.165) is 67.5 Å². The first-order valence-electron chi connectivity index (χ1n) is 23.9. The fraction of sp³-hybridized carbons (Fsp3) is 0.698. The molecule has 2 aromatic carbocycles. The van der Waals surface area contributed by atoms with Crippen molar-refractivity contribution in [2.75, 3.05) is 0 Å². The smallest absolute Gasteiger partial charge is 0.192 e. The number of fused-ring (bicyclic) bond motifs is 1. The van der Waals surface area contributed by atoms with E-state index in [4.69, 9.17) is 37.1 Å². The van der Waals surface area contributed by atoms with Crippen LogP contribution in [0.4, 0.5) is 0 Å². The van der Waals surface area contributed by atoms with E-state index in [9.17, 15) is 15.3 Å². The molecule has 2 aromatic rings. The second kappa shape index (κ2) is 23.3. The number of ether oxygens (including phenoxy) is 2. The van der Waals surface area contributed by atoms with Gasteiger partial charge in [0, 0.05) is 16.1 Å². The maximum Gasteiger partial charge on any atom is 0.192 e. The molecule has 1 heterocycles. The van der Waals surface area contributed by atoms with Gasteiger partial charge in [-0.3, -0.25) is 0 Å². The largest absolute Gasteiger partial charge is 0.414 e. The zero-order valence-electron chi connectivity index (χ0n) is 40.4. The number of halogens is 2. The minimum atomic E-state index is -1.85. The van der Waals surface area contributed by atoms with E-state index in [1.54, 1.807) is 0 Å². The highest BCUT2D eigenvalue weighted by Crippen LogP contribution is 2.51. The average Bonchev–Trinajstić information content (AvgIpc) is 3.71. The summed E-state index contributed by atoms with van der Waals surface area (Å²) in [6.07, 6.45) is 12.2. The van der Waals surface area contributed by atoms with Crippen molar-refractivity contribution in [3.8, 4) is 0 Å². The Morgan fingerprint density at radius 3 is 1.81 bits per heavy atom. The van der Waals surface area contributed by atoms with Crippen molar-refractivity contribution in [2.45, 2.75) is 213 Å². The lowest BCUT2D eigenvalue weighted by molar-refractivity contribution is -0.155. The highest BCUT2D eigenvalue weighted by Gasteiger charge is 2.55. The highest BCUT2D eigenvalue weighted by molar-refractivity contribution is 6.74. The Bertz CT molecular complexity index is 1750. The molecule has 350 valence electrons. The maximum absolute atomic E-state index is 10.5. The minimum Gasteiger partial charge on any atom is -0.414 e. The van der Waals surface area contributed by atoms with Crippen molar-refractivity contribution < 1.29 is 29.2 Å². The topological polar surface area (TPSA) is 88.4 Å². The van der Waals surface area contributed by atoms with E-state index in [2.05, 4.69) is 86.0 Å². The number of unbranched alkanes of at least 4 members (excludes halogenated alkanes) is 4. The predicted octanol–water partition coefficient (Wildman–Crippen LogP) is 13.7. The number of aliphatic hydroxyl groups excluding tert-OH is 3. The summed E-state index contributed by atoms with van der Waals surface area (Å²) in [6, 6.07) is 12.2. The maximum atomic E-state index is 10.5. The first kappa shape index (κ1) is 53.1. The summed E-state index contributed by atoms with van der Waals surface area (Å²) in [4.78, 5) is 0. The molecule has 3 fully saturated rings. The average molecular weight is 916 g/mol. The molecule has 2 saturated carbocycles. The van der Waals surface area contributed by atoms with E-state index in [1.165, 1.54) is 36.0 Å². The van der Waals surface area contributed by atoms with E-state index in [-0.39, 0.29) is 35.2 Å². The zero-order chi connectivity index (χ0) is 46.2. The quantitative estimate of drug-likeness (QED) is 0.0697. The lowest BCUT2D eigenvalue weighted by Crippen LogP contribution is -2.44. The molecule has 0 aromatic heterocycles. The number of rotatable bonds is 20. The van der Waals surface area contributed by atoms with Gasteiger partial charge in [-0.25, -0.2) is 0 Å². The summed E-state index contributed by atoms with van der Waals surface area (Å²) < 4.78 is 19.9. The molecular formula is C53H84Cl2O6Si. The Labute approximate surface area is 388 Å². The third-order valence-electron chi connectivity index (χ3n) is 14.5. The molecule has 62 heavy (non-hydrogen) atoms. The number of hydrogen-bond donors (Lipinski definition) is 3. The van der Waals surface area contributed by atoms with E-state index >= 15 is 0 Å². The minimum absolute atomic E-state index is 0.0258. The second-order valence-corrected chi connectivity index (χ2v) is 26.6. The Hall–Kier alpha value is -1.52. The Morgan fingerprint density at radius 2 is 1.27 bits per heavy atom. The molecule has 6 nitrogen and oxygen atoms in total. The van der Waals surface area contributed by atoms with Gasteiger partial charge in [-0.2, -0.15) is 0 Å². The lowest BCUT2D eigenvalue weighted by Gasteiger charge is -2.40. The Balaban J connectivity index is 0.000000287. The van der Waals surface area contributed by atoms with Gasteiger partial charge in [-0.05, 0) is 155 Å². The van der Waals surface area contributed by atoms with Crippen LogP contribution in [0.25, 0.3) is 0 Å². The van der Waals surface area contributed by atoms with Crippen LogP contribution >= 0.6 is 23.2 Å². The lowest BCUT2D eigenvalue weighted by atomic mass is 9.83. The zero-order valence-corrected chi connectivity index (χ0v) is 42.9. The van der Waals surface area contributed by atoms with Crippen molar-refractivity contribution in [3.05, 3.63) is 93.0 Å². The highest BCUT2D eigenvalue weighted by atomic mass is 35.5. The number of hydrogen-bond acceptors (Lipinski definition) is 6. The van der Waals surface area contributed by atoms with Crippen molar-refractivity contribution in [1.82, 2.24) is 0 Å². The van der Waals surface area contributed by atoms with Gasteiger partial charge in [0.05, 0.1) is 18.3 Å². The standard InChI is InChI=1S/C31H51ClO3Si.C22H33ClO3/c1-11-12-13-14-24(35-36(9,10)30(4,5)6)16-17-25-26(20-23-19-21(2)15-18-27(23)32)22(3)28-29(25)34-31(7,8)33-28;1-4-5-6-7-17(24)9-10-18-19(15(3)21(25)22(18)26)13-16-12-14(2)8-11-20(16)23/h15,18-19,24-26,28-29H,3,11-14,16-17,20H2,1-2,4-10H3;8,11-12,17-19,21-22,24-26H,3-7,9-10,13H2,1-2H3/t24-,25+,26-,28+,29-;17-,18+,19-,21+,22-/m00/s1. The van der Waals surface area contributed by atoms with Crippen LogP contribution in [0.15, 0.2) is 60.7 Å². The molecule has 0 bridgehead atoms. The third kappa shape index (κ3) is 14.2. The predicted molar refractivity (Wildman–Crippen MR) is 263 cm³/mol. The fourth-order valence-electron chi connectivity index (χ4n) is 9.80. The van der Waals surface area contributed by atoms with Gasteiger partial charge < -0.3 is 29.2 Å². The van der Waals surface area contributed by atoms with Crippen LogP contribution in [0, 0.1) is 37.5 Å². The SMILES string of the molecule is C=C1[C@@H](O)[C@@H](O)[C@H](CC[C@@H](O)CCCCC)[C@H]1Cc1cc(C)ccc1Cl.C=C1[C@H]2OC(C)(C)O[C@H]2[C@H](CC[C@H](CCCCC)O[Si](C)(C)C(C)(C)C)[C@H]1Cc1cc(C)ccc1Cl. The number of aliphatic hydroxyl groups is 3. The molecule has 10 atom stereocenters. The first-order valence-corrected chi connectivity index (χ1v) is 27.6. The van der Waals surface area contributed by atoms with Crippen LogP contribution in [-0.2, 0) is 26.7 Å². The van der Waals surface area contributed by atoms with E-state index < -0.39 is 26.3 Å². The van der Waals surface area contributed by atoms with Gasteiger partial charge in [-0.15, -0.1) is 0 Å². The van der Waals surface area contributed by atoms with Crippen molar-refractivity contribution in [3.63, 3.8) is 0 Å².